The Morgan fingerprint density at radius 3 is 2.62 bits per heavy atom. The molecule has 0 spiro atoms. The summed E-state index contributed by atoms with van der Waals surface area (Å²) >= 11 is 1.73. The summed E-state index contributed by atoms with van der Waals surface area (Å²) < 4.78 is 6.36. The van der Waals surface area contributed by atoms with Gasteiger partial charge in [0.25, 0.3) is 5.91 Å². The number of benzene rings is 2. The van der Waals surface area contributed by atoms with Crippen molar-refractivity contribution in [1.82, 2.24) is 14.8 Å². The van der Waals surface area contributed by atoms with Gasteiger partial charge in [-0.1, -0.05) is 17.7 Å². The van der Waals surface area contributed by atoms with Gasteiger partial charge in [0.05, 0.1) is 5.69 Å². The third kappa shape index (κ3) is 5.39. The maximum absolute atomic E-state index is 13.0. The Labute approximate surface area is 234 Å². The predicted octanol–water partition coefficient (Wildman–Crippen LogP) is 5.16. The van der Waals surface area contributed by atoms with Crippen LogP contribution in [0.4, 0.5) is 5.13 Å². The van der Waals surface area contributed by atoms with Crippen molar-refractivity contribution in [2.45, 2.75) is 39.7 Å². The van der Waals surface area contributed by atoms with Crippen LogP contribution in [0.5, 0.6) is 5.75 Å². The molecule has 2 atom stereocenters. The molecule has 7 nitrogen and oxygen atoms in total. The first kappa shape index (κ1) is 25.9. The number of carbonyl (C=O) groups excluding carboxylic acids is 2. The standard InChI is InChI=1S/C31H36N4O3S/c1-20-4-9-28(26(12-20)27-19-39-31(32-27)35-15-22-5-6-23(14-22)16-35)38-18-25-8-7-24(13-21(25)2)30(37)34-11-10-33(3)29(36)17-34/h4,7-9,12-13,19,22-23H,5-6,10-11,14-18H2,1-3H3/t22-,23+. The van der Waals surface area contributed by atoms with E-state index in [2.05, 4.69) is 29.3 Å². The summed E-state index contributed by atoms with van der Waals surface area (Å²) in [7, 11) is 1.77. The summed E-state index contributed by atoms with van der Waals surface area (Å²) in [6, 6.07) is 12.0. The fraction of sp³-hybridized carbons (Fsp3) is 0.452. The third-order valence-corrected chi connectivity index (χ3v) is 9.40. The highest BCUT2D eigenvalue weighted by Gasteiger charge is 2.34. The number of carbonyl (C=O) groups is 2. The number of fused-ring (bicyclic) bond motifs is 2. The lowest BCUT2D eigenvalue weighted by molar-refractivity contribution is -0.133. The number of hydrogen-bond acceptors (Lipinski definition) is 6. The summed E-state index contributed by atoms with van der Waals surface area (Å²) in [5.41, 5.74) is 5.77. The number of nitrogens with zero attached hydrogens (tertiary/aromatic N) is 4. The van der Waals surface area contributed by atoms with Gasteiger partial charge in [-0.15, -0.1) is 11.3 Å². The smallest absolute Gasteiger partial charge is 0.254 e. The van der Waals surface area contributed by atoms with Gasteiger partial charge < -0.3 is 19.4 Å². The van der Waals surface area contributed by atoms with Gasteiger partial charge in [0, 0.05) is 49.7 Å². The molecule has 39 heavy (non-hydrogen) atoms. The summed E-state index contributed by atoms with van der Waals surface area (Å²) in [5.74, 6) is 2.33. The second kappa shape index (κ2) is 10.6. The van der Waals surface area contributed by atoms with Crippen molar-refractivity contribution in [3.63, 3.8) is 0 Å². The van der Waals surface area contributed by atoms with Crippen molar-refractivity contribution in [2.24, 2.45) is 11.8 Å². The zero-order valence-electron chi connectivity index (χ0n) is 23.0. The number of rotatable bonds is 6. The molecule has 3 fully saturated rings. The van der Waals surface area contributed by atoms with E-state index in [4.69, 9.17) is 9.72 Å². The largest absolute Gasteiger partial charge is 0.488 e. The fourth-order valence-corrected chi connectivity index (χ4v) is 6.97. The fourth-order valence-electron chi connectivity index (χ4n) is 6.13. The molecule has 2 bridgehead atoms. The Bertz CT molecular complexity index is 1390. The van der Waals surface area contributed by atoms with Crippen LogP contribution >= 0.6 is 11.3 Å². The van der Waals surface area contributed by atoms with Gasteiger partial charge in [0.2, 0.25) is 5.91 Å². The van der Waals surface area contributed by atoms with Crippen LogP contribution in [0.1, 0.15) is 46.3 Å². The number of thiazole rings is 1. The molecule has 2 aliphatic heterocycles. The lowest BCUT2D eigenvalue weighted by Crippen LogP contribution is -2.50. The second-order valence-electron chi connectivity index (χ2n) is 11.4. The molecule has 0 radical (unpaired) electrons. The number of ether oxygens (including phenoxy) is 1. The van der Waals surface area contributed by atoms with Crippen molar-refractivity contribution >= 4 is 28.3 Å². The highest BCUT2D eigenvalue weighted by Crippen LogP contribution is 2.40. The number of aromatic nitrogens is 1. The number of likely N-dealkylation sites (N-methyl/N-ethyl adjacent to an activating group) is 1. The molecule has 3 heterocycles. The van der Waals surface area contributed by atoms with Crippen molar-refractivity contribution < 1.29 is 14.3 Å². The van der Waals surface area contributed by atoms with Crippen molar-refractivity contribution in [2.75, 3.05) is 44.7 Å². The number of aryl methyl sites for hydroxylation is 2. The Kier molecular flexibility index (Phi) is 7.06. The normalized spacial score (nSPS) is 21.0. The highest BCUT2D eigenvalue weighted by atomic mass is 32.1. The highest BCUT2D eigenvalue weighted by molar-refractivity contribution is 7.14. The first-order valence-electron chi connectivity index (χ1n) is 13.9. The lowest BCUT2D eigenvalue weighted by Gasteiger charge is -2.32. The number of anilines is 1. The Morgan fingerprint density at radius 2 is 1.87 bits per heavy atom. The van der Waals surface area contributed by atoms with Gasteiger partial charge in [0.1, 0.15) is 18.9 Å². The van der Waals surface area contributed by atoms with Crippen LogP contribution in [0.25, 0.3) is 11.3 Å². The Balaban J connectivity index is 1.15. The summed E-state index contributed by atoms with van der Waals surface area (Å²) in [5, 5.41) is 3.27. The van der Waals surface area contributed by atoms with Crippen molar-refractivity contribution in [3.05, 3.63) is 64.0 Å². The first-order chi connectivity index (χ1) is 18.8. The van der Waals surface area contributed by atoms with E-state index in [-0.39, 0.29) is 18.4 Å². The van der Waals surface area contributed by atoms with E-state index in [0.29, 0.717) is 25.3 Å². The molecule has 2 saturated heterocycles. The number of piperidine rings is 1. The predicted molar refractivity (Wildman–Crippen MR) is 154 cm³/mol. The van der Waals surface area contributed by atoms with Crippen LogP contribution in [-0.2, 0) is 11.4 Å². The molecule has 204 valence electrons. The van der Waals surface area contributed by atoms with Crippen molar-refractivity contribution in [3.8, 4) is 17.0 Å². The van der Waals surface area contributed by atoms with Crippen LogP contribution in [-0.4, -0.2) is 66.4 Å². The molecule has 3 aliphatic rings. The van der Waals surface area contributed by atoms with E-state index >= 15 is 0 Å². The molecule has 3 aromatic rings. The number of piperazine rings is 1. The maximum Gasteiger partial charge on any atom is 0.254 e. The number of amides is 2. The molecule has 6 rings (SSSR count). The monoisotopic (exact) mass is 544 g/mol. The van der Waals surface area contributed by atoms with Crippen LogP contribution in [0.2, 0.25) is 0 Å². The van der Waals surface area contributed by atoms with E-state index in [1.807, 2.05) is 31.2 Å². The maximum atomic E-state index is 13.0. The zero-order chi connectivity index (χ0) is 27.1. The topological polar surface area (TPSA) is 66.0 Å². The molecule has 1 saturated carbocycles. The molecule has 2 amide bonds. The van der Waals surface area contributed by atoms with Gasteiger partial charge in [-0.3, -0.25) is 9.59 Å². The Morgan fingerprint density at radius 1 is 1.08 bits per heavy atom. The van der Waals surface area contributed by atoms with E-state index in [1.165, 1.54) is 24.8 Å². The molecule has 0 N–H and O–H groups in total. The third-order valence-electron chi connectivity index (χ3n) is 8.50. The first-order valence-corrected chi connectivity index (χ1v) is 14.8. The Hall–Kier alpha value is -3.39. The summed E-state index contributed by atoms with van der Waals surface area (Å²) in [6.45, 7) is 8.00. The molecule has 1 aliphatic carbocycles. The van der Waals surface area contributed by atoms with Crippen molar-refractivity contribution in [1.29, 1.82) is 0 Å². The van der Waals surface area contributed by atoms with Gasteiger partial charge in [0.15, 0.2) is 5.13 Å². The average molecular weight is 545 g/mol. The average Bonchev–Trinajstić information content (AvgIpc) is 3.56. The minimum absolute atomic E-state index is 0.0273. The summed E-state index contributed by atoms with van der Waals surface area (Å²) in [4.78, 5) is 35.9. The van der Waals surface area contributed by atoms with Crippen LogP contribution < -0.4 is 9.64 Å². The minimum atomic E-state index is -0.103. The van der Waals surface area contributed by atoms with Gasteiger partial charge in [-0.25, -0.2) is 4.98 Å². The zero-order valence-corrected chi connectivity index (χ0v) is 23.8. The molecule has 1 aromatic heterocycles. The number of hydrogen-bond donors (Lipinski definition) is 0. The quantitative estimate of drug-likeness (QED) is 0.429. The lowest BCUT2D eigenvalue weighted by atomic mass is 9.99. The van der Waals surface area contributed by atoms with Gasteiger partial charge >= 0.3 is 0 Å². The van der Waals surface area contributed by atoms with E-state index in [9.17, 15) is 9.59 Å². The molecule has 8 heteroatoms. The molecular formula is C31H36N4O3S. The van der Waals surface area contributed by atoms with E-state index < -0.39 is 0 Å². The molecular weight excluding hydrogens is 508 g/mol. The second-order valence-corrected chi connectivity index (χ2v) is 12.3. The summed E-state index contributed by atoms with van der Waals surface area (Å²) in [6.07, 6.45) is 4.10. The molecule has 0 unspecified atom stereocenters. The van der Waals surface area contributed by atoms with E-state index in [0.717, 1.165) is 58.2 Å². The van der Waals surface area contributed by atoms with Gasteiger partial charge in [-0.2, -0.15) is 0 Å². The minimum Gasteiger partial charge on any atom is -0.488 e. The van der Waals surface area contributed by atoms with Crippen LogP contribution in [0, 0.1) is 25.7 Å². The molecule has 2 aromatic carbocycles. The van der Waals surface area contributed by atoms with Crippen LogP contribution in [0.3, 0.4) is 0 Å². The van der Waals surface area contributed by atoms with Gasteiger partial charge in [-0.05, 0) is 80.3 Å². The van der Waals surface area contributed by atoms with E-state index in [1.54, 1.807) is 28.2 Å². The van der Waals surface area contributed by atoms with Crippen LogP contribution in [0.15, 0.2) is 41.8 Å². The SMILES string of the molecule is Cc1ccc(OCc2ccc(C(=O)N3CCN(C)C(=O)C3)cc2C)c(-c2csc(N3C[C@@H]4CC[C@@H](C4)C3)n2)c1.